The number of para-hydroxylation sites is 2. The molecule has 0 saturated carbocycles. The molecule has 0 fully saturated rings. The molecule has 3 aromatic rings. The lowest BCUT2D eigenvalue weighted by atomic mass is 10.1. The molecule has 0 unspecified atom stereocenters. The zero-order chi connectivity index (χ0) is 24.8. The summed E-state index contributed by atoms with van der Waals surface area (Å²) in [6.45, 7) is 6.20. The summed E-state index contributed by atoms with van der Waals surface area (Å²) in [4.78, 5) is 14.5. The number of hydrogen-bond acceptors (Lipinski definition) is 6. The van der Waals surface area contributed by atoms with Crippen LogP contribution in [0.1, 0.15) is 18.1 Å². The van der Waals surface area contributed by atoms with Crippen LogP contribution in [0, 0.1) is 0 Å². The van der Waals surface area contributed by atoms with Gasteiger partial charge in [-0.2, -0.15) is 0 Å². The summed E-state index contributed by atoms with van der Waals surface area (Å²) in [7, 11) is -4.15. The van der Waals surface area contributed by atoms with E-state index >= 15 is 0 Å². The fraction of sp³-hybridized carbons (Fsp3) is 0.107. The van der Waals surface area contributed by atoms with E-state index in [2.05, 4.69) is 6.58 Å². The van der Waals surface area contributed by atoms with Gasteiger partial charge in [0.2, 0.25) is 15.7 Å². The lowest BCUT2D eigenvalue weighted by Crippen LogP contribution is -2.20. The SMILES string of the molecule is C=Cc1cccc(COC(=O)/C(=C/C=C2\Oc3ccccc3N2CC)S(=O)(=O)c2ccccc2)c1. The second-order valence-electron chi connectivity index (χ2n) is 7.69. The third-order valence-electron chi connectivity index (χ3n) is 5.43. The second kappa shape index (κ2) is 10.4. The highest BCUT2D eigenvalue weighted by molar-refractivity contribution is 7.96. The van der Waals surface area contributed by atoms with Crippen molar-refractivity contribution < 1.29 is 22.7 Å². The number of esters is 1. The van der Waals surface area contributed by atoms with Crippen LogP contribution in [0.5, 0.6) is 5.75 Å². The zero-order valence-electron chi connectivity index (χ0n) is 19.3. The minimum absolute atomic E-state index is 0.00164. The molecule has 4 rings (SSSR count). The van der Waals surface area contributed by atoms with Gasteiger partial charge < -0.3 is 14.4 Å². The minimum atomic E-state index is -4.15. The van der Waals surface area contributed by atoms with Crippen molar-refractivity contribution in [2.45, 2.75) is 18.4 Å². The number of rotatable bonds is 8. The molecular weight excluding hydrogens is 462 g/mol. The van der Waals surface area contributed by atoms with E-state index in [0.717, 1.165) is 16.8 Å². The van der Waals surface area contributed by atoms with Crippen molar-refractivity contribution in [2.75, 3.05) is 11.4 Å². The monoisotopic (exact) mass is 487 g/mol. The van der Waals surface area contributed by atoms with E-state index in [9.17, 15) is 13.2 Å². The average Bonchev–Trinajstić information content (AvgIpc) is 3.25. The first kappa shape index (κ1) is 24.0. The number of carbonyl (C=O) groups excluding carboxylic acids is 1. The fourth-order valence-corrected chi connectivity index (χ4v) is 4.97. The Hall–Kier alpha value is -4.10. The number of anilines is 1. The Labute approximate surface area is 205 Å². The summed E-state index contributed by atoms with van der Waals surface area (Å²) in [6.07, 6.45) is 4.41. The van der Waals surface area contributed by atoms with Crippen LogP contribution in [0.15, 0.2) is 113 Å². The summed E-state index contributed by atoms with van der Waals surface area (Å²) < 4.78 is 38.1. The Morgan fingerprint density at radius 3 is 2.51 bits per heavy atom. The summed E-state index contributed by atoms with van der Waals surface area (Å²) in [5, 5.41) is 0. The van der Waals surface area contributed by atoms with Crippen LogP contribution < -0.4 is 9.64 Å². The standard InChI is InChI=1S/C28H25NO5S/c1-3-21-11-10-12-22(19-21)20-33-28(30)26(35(31,32)23-13-6-5-7-14-23)17-18-27-29(4-2)24-15-8-9-16-25(24)34-27/h3,5-19H,1,4,20H2,2H3/b26-17-,27-18-. The van der Waals surface area contributed by atoms with Gasteiger partial charge in [0.15, 0.2) is 10.7 Å². The first-order valence-corrected chi connectivity index (χ1v) is 12.6. The first-order valence-electron chi connectivity index (χ1n) is 11.1. The highest BCUT2D eigenvalue weighted by Crippen LogP contribution is 2.38. The van der Waals surface area contributed by atoms with E-state index in [0.29, 0.717) is 18.2 Å². The van der Waals surface area contributed by atoms with Crippen LogP contribution >= 0.6 is 0 Å². The Kier molecular flexibility index (Phi) is 7.17. The summed E-state index contributed by atoms with van der Waals surface area (Å²) >= 11 is 0. The molecule has 0 amide bonds. The van der Waals surface area contributed by atoms with Gasteiger partial charge in [0.25, 0.3) is 0 Å². The third-order valence-corrected chi connectivity index (χ3v) is 7.21. The first-order chi connectivity index (χ1) is 16.9. The zero-order valence-corrected chi connectivity index (χ0v) is 20.1. The van der Waals surface area contributed by atoms with E-state index in [-0.39, 0.29) is 11.5 Å². The molecule has 3 aromatic carbocycles. The van der Waals surface area contributed by atoms with E-state index < -0.39 is 20.7 Å². The maximum atomic E-state index is 13.4. The minimum Gasteiger partial charge on any atom is -0.457 e. The molecule has 6 nitrogen and oxygen atoms in total. The van der Waals surface area contributed by atoms with Gasteiger partial charge in [-0.05, 0) is 54.5 Å². The number of benzene rings is 3. The lowest BCUT2D eigenvalue weighted by molar-refractivity contribution is -0.139. The number of carbonyl (C=O) groups is 1. The molecule has 1 heterocycles. The van der Waals surface area contributed by atoms with Gasteiger partial charge in [-0.15, -0.1) is 0 Å². The number of hydrogen-bond donors (Lipinski definition) is 0. The molecule has 7 heteroatoms. The predicted molar refractivity (Wildman–Crippen MR) is 136 cm³/mol. The number of allylic oxidation sites excluding steroid dienone is 2. The molecule has 0 bridgehead atoms. The van der Waals surface area contributed by atoms with Crippen LogP contribution in [0.2, 0.25) is 0 Å². The van der Waals surface area contributed by atoms with Crippen LogP contribution in [0.25, 0.3) is 6.08 Å². The van der Waals surface area contributed by atoms with Gasteiger partial charge in [0.05, 0.1) is 10.6 Å². The molecular formula is C28H25NO5S. The largest absolute Gasteiger partial charge is 0.457 e. The molecule has 178 valence electrons. The average molecular weight is 488 g/mol. The van der Waals surface area contributed by atoms with E-state index in [4.69, 9.17) is 9.47 Å². The van der Waals surface area contributed by atoms with Crippen molar-refractivity contribution in [2.24, 2.45) is 0 Å². The lowest BCUT2D eigenvalue weighted by Gasteiger charge is -2.15. The third kappa shape index (κ3) is 5.20. The number of ether oxygens (including phenoxy) is 2. The van der Waals surface area contributed by atoms with E-state index in [1.807, 2.05) is 54.3 Å². The van der Waals surface area contributed by atoms with E-state index in [1.165, 1.54) is 24.3 Å². The quantitative estimate of drug-likeness (QED) is 0.309. The molecule has 0 atom stereocenters. The van der Waals surface area contributed by atoms with Crippen molar-refractivity contribution in [1.82, 2.24) is 0 Å². The Bertz CT molecular complexity index is 1410. The summed E-state index contributed by atoms with van der Waals surface area (Å²) in [5.74, 6) is 0.125. The van der Waals surface area contributed by atoms with Crippen LogP contribution in [0.3, 0.4) is 0 Å². The Morgan fingerprint density at radius 2 is 1.77 bits per heavy atom. The molecule has 0 spiro atoms. The van der Waals surface area contributed by atoms with Gasteiger partial charge in [0, 0.05) is 12.6 Å². The van der Waals surface area contributed by atoms with Gasteiger partial charge in [-0.25, -0.2) is 13.2 Å². The van der Waals surface area contributed by atoms with Crippen LogP contribution in [0.4, 0.5) is 5.69 Å². The molecule has 1 aliphatic rings. The van der Waals surface area contributed by atoms with Crippen molar-refractivity contribution in [3.63, 3.8) is 0 Å². The Balaban J connectivity index is 1.68. The summed E-state index contributed by atoms with van der Waals surface area (Å²) in [5.41, 5.74) is 2.46. The molecule has 0 N–H and O–H groups in total. The highest BCUT2D eigenvalue weighted by Gasteiger charge is 2.29. The van der Waals surface area contributed by atoms with Crippen molar-refractivity contribution in [1.29, 1.82) is 0 Å². The maximum Gasteiger partial charge on any atom is 0.350 e. The van der Waals surface area contributed by atoms with Crippen molar-refractivity contribution >= 4 is 27.6 Å². The molecule has 0 aliphatic carbocycles. The normalized spacial score (nSPS) is 14.4. The maximum absolute atomic E-state index is 13.4. The van der Waals surface area contributed by atoms with Crippen molar-refractivity contribution in [3.05, 3.63) is 120 Å². The Morgan fingerprint density at radius 1 is 1.03 bits per heavy atom. The topological polar surface area (TPSA) is 72.9 Å². The predicted octanol–water partition coefficient (Wildman–Crippen LogP) is 5.49. The molecule has 0 radical (unpaired) electrons. The van der Waals surface area contributed by atoms with Gasteiger partial charge in [-0.3, -0.25) is 0 Å². The fourth-order valence-electron chi connectivity index (χ4n) is 3.67. The summed E-state index contributed by atoms with van der Waals surface area (Å²) in [6, 6.07) is 22.6. The highest BCUT2D eigenvalue weighted by atomic mass is 32.2. The van der Waals surface area contributed by atoms with Gasteiger partial charge in [-0.1, -0.05) is 61.2 Å². The van der Waals surface area contributed by atoms with Crippen LogP contribution in [-0.4, -0.2) is 20.9 Å². The molecule has 35 heavy (non-hydrogen) atoms. The second-order valence-corrected chi connectivity index (χ2v) is 9.61. The van der Waals surface area contributed by atoms with Gasteiger partial charge >= 0.3 is 5.97 Å². The number of nitrogens with zero attached hydrogens (tertiary/aromatic N) is 1. The number of sulfone groups is 1. The number of fused-ring (bicyclic) bond motifs is 1. The molecule has 1 aliphatic heterocycles. The molecule has 0 saturated heterocycles. The smallest absolute Gasteiger partial charge is 0.350 e. The molecule has 0 aromatic heterocycles. The van der Waals surface area contributed by atoms with Crippen LogP contribution in [-0.2, 0) is 26.0 Å². The van der Waals surface area contributed by atoms with Gasteiger partial charge in [0.1, 0.15) is 6.61 Å². The van der Waals surface area contributed by atoms with E-state index in [1.54, 1.807) is 30.3 Å². The van der Waals surface area contributed by atoms with Crippen molar-refractivity contribution in [3.8, 4) is 5.75 Å².